The predicted molar refractivity (Wildman–Crippen MR) is 69.3 cm³/mol. The number of carbonyl (C=O) groups is 1. The average Bonchev–Trinajstić information content (AvgIpc) is 2.39. The molecule has 1 saturated heterocycles. The van der Waals surface area contributed by atoms with Crippen molar-refractivity contribution in [3.05, 3.63) is 33.9 Å². The van der Waals surface area contributed by atoms with Gasteiger partial charge in [-0.1, -0.05) is 0 Å². The van der Waals surface area contributed by atoms with Gasteiger partial charge in [-0.05, 0) is 43.0 Å². The summed E-state index contributed by atoms with van der Waals surface area (Å²) in [6.07, 6.45) is 3.23. The van der Waals surface area contributed by atoms with Crippen molar-refractivity contribution in [3.63, 3.8) is 0 Å². The molecule has 0 atom stereocenters. The normalized spacial score (nSPS) is 15.5. The summed E-state index contributed by atoms with van der Waals surface area (Å²) in [6.45, 7) is 1.63. The molecular weight excluding hydrogens is 256 g/mol. The quantitative estimate of drug-likeness (QED) is 0.480. The first-order valence-electron chi connectivity index (χ1n) is 5.83. The number of carbonyl (C=O) groups excluding carboxylic acids is 1. The highest BCUT2D eigenvalue weighted by Crippen LogP contribution is 2.31. The van der Waals surface area contributed by atoms with E-state index in [0.29, 0.717) is 5.69 Å². The van der Waals surface area contributed by atoms with Gasteiger partial charge in [0.15, 0.2) is 0 Å². The lowest BCUT2D eigenvalue weighted by Gasteiger charge is -2.28. The Morgan fingerprint density at radius 3 is 2.50 bits per heavy atom. The van der Waals surface area contributed by atoms with E-state index in [4.69, 9.17) is 11.6 Å². The Morgan fingerprint density at radius 1 is 1.28 bits per heavy atom. The molecule has 1 fully saturated rings. The number of hydrogen-bond acceptors (Lipinski definition) is 4. The number of rotatable bonds is 3. The summed E-state index contributed by atoms with van der Waals surface area (Å²) in [5, 5.41) is 10.4. The van der Waals surface area contributed by atoms with E-state index in [0.717, 1.165) is 32.4 Å². The molecular formula is C12H13ClN2O3. The Hall–Kier alpha value is -1.62. The Morgan fingerprint density at radius 2 is 1.94 bits per heavy atom. The summed E-state index contributed by atoms with van der Waals surface area (Å²) < 4.78 is 0. The highest BCUT2D eigenvalue weighted by Gasteiger charge is 2.22. The van der Waals surface area contributed by atoms with Crippen molar-refractivity contribution in [2.24, 2.45) is 0 Å². The number of benzene rings is 1. The van der Waals surface area contributed by atoms with Crippen LogP contribution < -0.4 is 4.90 Å². The number of halogens is 1. The molecule has 0 amide bonds. The van der Waals surface area contributed by atoms with Gasteiger partial charge in [0.25, 0.3) is 10.9 Å². The SMILES string of the molecule is O=C(Cl)c1ccc(N2CCCCC2)c([N+](=O)[O-])c1. The van der Waals surface area contributed by atoms with Crippen LogP contribution in [0.15, 0.2) is 18.2 Å². The monoisotopic (exact) mass is 268 g/mol. The van der Waals surface area contributed by atoms with E-state index in [1.807, 2.05) is 4.90 Å². The van der Waals surface area contributed by atoms with Crippen molar-refractivity contribution in [2.75, 3.05) is 18.0 Å². The van der Waals surface area contributed by atoms with Crippen LogP contribution in [-0.4, -0.2) is 23.3 Å². The smallest absolute Gasteiger partial charge is 0.293 e. The summed E-state index contributed by atoms with van der Waals surface area (Å²) in [6, 6.07) is 4.39. The van der Waals surface area contributed by atoms with Crippen LogP contribution in [0.25, 0.3) is 0 Å². The molecule has 5 nitrogen and oxygen atoms in total. The van der Waals surface area contributed by atoms with Crippen molar-refractivity contribution >= 4 is 28.2 Å². The van der Waals surface area contributed by atoms with E-state index in [1.165, 1.54) is 12.1 Å². The third-order valence-electron chi connectivity index (χ3n) is 3.10. The first-order valence-corrected chi connectivity index (χ1v) is 6.20. The zero-order valence-corrected chi connectivity index (χ0v) is 10.5. The van der Waals surface area contributed by atoms with Gasteiger partial charge in [-0.2, -0.15) is 0 Å². The molecule has 6 heteroatoms. The van der Waals surface area contributed by atoms with Crippen LogP contribution in [0.5, 0.6) is 0 Å². The summed E-state index contributed by atoms with van der Waals surface area (Å²) in [4.78, 5) is 23.6. The third kappa shape index (κ3) is 2.61. The lowest BCUT2D eigenvalue weighted by molar-refractivity contribution is -0.384. The molecule has 0 aliphatic carbocycles. The minimum absolute atomic E-state index is 0.0524. The van der Waals surface area contributed by atoms with Gasteiger partial charge in [0.1, 0.15) is 5.69 Å². The molecule has 0 spiro atoms. The maximum Gasteiger partial charge on any atom is 0.293 e. The van der Waals surface area contributed by atoms with Gasteiger partial charge in [-0.3, -0.25) is 14.9 Å². The van der Waals surface area contributed by atoms with Gasteiger partial charge < -0.3 is 4.90 Å². The molecule has 0 bridgehead atoms. The Labute approximate surface area is 109 Å². The topological polar surface area (TPSA) is 63.5 Å². The Bertz CT molecular complexity index is 484. The average molecular weight is 269 g/mol. The number of piperidine rings is 1. The van der Waals surface area contributed by atoms with Crippen LogP contribution in [0.1, 0.15) is 29.6 Å². The Balaban J connectivity index is 2.39. The number of nitro benzene ring substituents is 1. The molecule has 2 rings (SSSR count). The fourth-order valence-corrected chi connectivity index (χ4v) is 2.31. The van der Waals surface area contributed by atoms with E-state index in [-0.39, 0.29) is 11.3 Å². The third-order valence-corrected chi connectivity index (χ3v) is 3.31. The summed E-state index contributed by atoms with van der Waals surface area (Å²) in [7, 11) is 0. The van der Waals surface area contributed by atoms with Gasteiger partial charge in [-0.15, -0.1) is 0 Å². The van der Waals surface area contributed by atoms with Crippen LogP contribution in [0, 0.1) is 10.1 Å². The van der Waals surface area contributed by atoms with Crippen molar-refractivity contribution in [2.45, 2.75) is 19.3 Å². The van der Waals surface area contributed by atoms with E-state index in [2.05, 4.69) is 0 Å². The van der Waals surface area contributed by atoms with Crippen molar-refractivity contribution in [1.29, 1.82) is 0 Å². The molecule has 1 aromatic carbocycles. The predicted octanol–water partition coefficient (Wildman–Crippen LogP) is 2.96. The molecule has 18 heavy (non-hydrogen) atoms. The summed E-state index contributed by atoms with van der Waals surface area (Å²) >= 11 is 5.34. The second-order valence-electron chi connectivity index (χ2n) is 4.28. The number of nitrogens with zero attached hydrogens (tertiary/aromatic N) is 2. The van der Waals surface area contributed by atoms with Crippen molar-refractivity contribution in [1.82, 2.24) is 0 Å². The van der Waals surface area contributed by atoms with Gasteiger partial charge in [0.05, 0.1) is 4.92 Å². The zero-order chi connectivity index (χ0) is 13.1. The molecule has 1 heterocycles. The molecule has 96 valence electrons. The van der Waals surface area contributed by atoms with Gasteiger partial charge in [0.2, 0.25) is 0 Å². The highest BCUT2D eigenvalue weighted by molar-refractivity contribution is 6.67. The number of anilines is 1. The van der Waals surface area contributed by atoms with Crippen LogP contribution in [0.4, 0.5) is 11.4 Å². The largest absolute Gasteiger partial charge is 0.366 e. The van der Waals surface area contributed by atoms with E-state index < -0.39 is 10.2 Å². The molecule has 1 aromatic rings. The van der Waals surface area contributed by atoms with E-state index >= 15 is 0 Å². The van der Waals surface area contributed by atoms with Crippen LogP contribution in [0.3, 0.4) is 0 Å². The molecule has 0 unspecified atom stereocenters. The van der Waals surface area contributed by atoms with Crippen molar-refractivity contribution in [3.8, 4) is 0 Å². The lowest BCUT2D eigenvalue weighted by Crippen LogP contribution is -2.30. The summed E-state index contributed by atoms with van der Waals surface area (Å²) in [5.74, 6) is 0. The van der Waals surface area contributed by atoms with E-state index in [1.54, 1.807) is 6.07 Å². The van der Waals surface area contributed by atoms with Crippen LogP contribution in [-0.2, 0) is 0 Å². The number of hydrogen-bond donors (Lipinski definition) is 0. The van der Waals surface area contributed by atoms with E-state index in [9.17, 15) is 14.9 Å². The molecule has 0 aromatic heterocycles. The van der Waals surface area contributed by atoms with Crippen molar-refractivity contribution < 1.29 is 9.72 Å². The molecule has 0 N–H and O–H groups in total. The first-order chi connectivity index (χ1) is 8.59. The molecule has 1 aliphatic rings. The maximum absolute atomic E-state index is 11.1. The number of nitro groups is 1. The summed E-state index contributed by atoms with van der Waals surface area (Å²) in [5.41, 5.74) is 0.675. The molecule has 0 saturated carbocycles. The second-order valence-corrected chi connectivity index (χ2v) is 4.63. The highest BCUT2D eigenvalue weighted by atomic mass is 35.5. The zero-order valence-electron chi connectivity index (χ0n) is 9.76. The second kappa shape index (κ2) is 5.35. The minimum atomic E-state index is -0.678. The van der Waals surface area contributed by atoms with Crippen LogP contribution >= 0.6 is 11.6 Å². The van der Waals surface area contributed by atoms with Gasteiger partial charge in [-0.25, -0.2) is 0 Å². The lowest BCUT2D eigenvalue weighted by atomic mass is 10.1. The molecule has 0 radical (unpaired) electrons. The van der Waals surface area contributed by atoms with Gasteiger partial charge in [0, 0.05) is 24.7 Å². The first kappa shape index (κ1) is 12.8. The fourth-order valence-electron chi connectivity index (χ4n) is 2.19. The molecule has 1 aliphatic heterocycles. The van der Waals surface area contributed by atoms with Crippen LogP contribution in [0.2, 0.25) is 0 Å². The van der Waals surface area contributed by atoms with Gasteiger partial charge >= 0.3 is 0 Å². The fraction of sp³-hybridized carbons (Fsp3) is 0.417. The minimum Gasteiger partial charge on any atom is -0.366 e. The standard InChI is InChI=1S/C12H13ClN2O3/c13-12(16)9-4-5-10(11(8-9)15(17)18)14-6-2-1-3-7-14/h4-5,8H,1-3,6-7H2. The Kier molecular flexibility index (Phi) is 3.81. The maximum atomic E-state index is 11.1.